The Kier molecular flexibility index (Phi) is 3.45. The molecule has 0 atom stereocenters. The van der Waals surface area contributed by atoms with Gasteiger partial charge in [-0.1, -0.05) is 19.0 Å². The second kappa shape index (κ2) is 5.03. The predicted molar refractivity (Wildman–Crippen MR) is 62.9 cm³/mol. The molecule has 0 saturated carbocycles. The van der Waals surface area contributed by atoms with Crippen molar-refractivity contribution in [3.05, 3.63) is 35.7 Å². The van der Waals surface area contributed by atoms with Gasteiger partial charge in [0.15, 0.2) is 12.4 Å². The molecular formula is C12H15N3O3. The monoisotopic (exact) mass is 249 g/mol. The van der Waals surface area contributed by atoms with E-state index in [9.17, 15) is 4.79 Å². The number of esters is 1. The average molecular weight is 249 g/mol. The Morgan fingerprint density at radius 2 is 2.33 bits per heavy atom. The minimum absolute atomic E-state index is 0.0102. The van der Waals surface area contributed by atoms with Crippen molar-refractivity contribution in [3.8, 4) is 0 Å². The predicted octanol–water partition coefficient (Wildman–Crippen LogP) is 1.89. The van der Waals surface area contributed by atoms with Crippen LogP contribution in [0.2, 0.25) is 0 Å². The first-order valence-electron chi connectivity index (χ1n) is 5.69. The highest BCUT2D eigenvalue weighted by Crippen LogP contribution is 2.11. The highest BCUT2D eigenvalue weighted by molar-refractivity contribution is 5.87. The zero-order valence-corrected chi connectivity index (χ0v) is 10.6. The SMILES string of the molecule is CC(C)c1noc(COC(=O)c2cccn2C)n1. The second-order valence-electron chi connectivity index (χ2n) is 4.28. The summed E-state index contributed by atoms with van der Waals surface area (Å²) >= 11 is 0. The molecule has 0 amide bonds. The van der Waals surface area contributed by atoms with Crippen LogP contribution in [0.25, 0.3) is 0 Å². The van der Waals surface area contributed by atoms with Gasteiger partial charge in [0.2, 0.25) is 0 Å². The van der Waals surface area contributed by atoms with E-state index in [0.717, 1.165) is 0 Å². The molecule has 0 aliphatic heterocycles. The molecule has 0 N–H and O–H groups in total. The van der Waals surface area contributed by atoms with Crippen molar-refractivity contribution in [3.63, 3.8) is 0 Å². The summed E-state index contributed by atoms with van der Waals surface area (Å²) in [5, 5.41) is 3.79. The lowest BCUT2D eigenvalue weighted by atomic mass is 10.2. The van der Waals surface area contributed by atoms with E-state index in [4.69, 9.17) is 9.26 Å². The highest BCUT2D eigenvalue weighted by Gasteiger charge is 2.14. The molecule has 0 bridgehead atoms. The van der Waals surface area contributed by atoms with Crippen LogP contribution in [0, 0.1) is 0 Å². The van der Waals surface area contributed by atoms with Gasteiger partial charge >= 0.3 is 5.97 Å². The third-order valence-corrected chi connectivity index (χ3v) is 2.48. The number of nitrogens with zero attached hydrogens (tertiary/aromatic N) is 3. The first-order valence-corrected chi connectivity index (χ1v) is 5.69. The topological polar surface area (TPSA) is 70.2 Å². The van der Waals surface area contributed by atoms with Gasteiger partial charge in [0.1, 0.15) is 5.69 Å². The summed E-state index contributed by atoms with van der Waals surface area (Å²) in [7, 11) is 1.78. The molecule has 0 aromatic carbocycles. The summed E-state index contributed by atoms with van der Waals surface area (Å²) in [4.78, 5) is 15.8. The molecule has 0 saturated heterocycles. The van der Waals surface area contributed by atoms with Crippen LogP contribution in [0.15, 0.2) is 22.9 Å². The number of carbonyl (C=O) groups is 1. The Morgan fingerprint density at radius 1 is 1.56 bits per heavy atom. The van der Waals surface area contributed by atoms with Crippen molar-refractivity contribution in [1.82, 2.24) is 14.7 Å². The number of hydrogen-bond donors (Lipinski definition) is 0. The summed E-state index contributed by atoms with van der Waals surface area (Å²) in [5.74, 6) is 0.694. The van der Waals surface area contributed by atoms with Gasteiger partial charge < -0.3 is 13.8 Å². The molecule has 6 heteroatoms. The summed E-state index contributed by atoms with van der Waals surface area (Å²) in [6.45, 7) is 3.92. The fourth-order valence-electron chi connectivity index (χ4n) is 1.44. The van der Waals surface area contributed by atoms with Gasteiger partial charge in [-0.2, -0.15) is 4.98 Å². The molecule has 0 fully saturated rings. The van der Waals surface area contributed by atoms with Gasteiger partial charge in [-0.25, -0.2) is 4.79 Å². The fraction of sp³-hybridized carbons (Fsp3) is 0.417. The van der Waals surface area contributed by atoms with Crippen molar-refractivity contribution in [2.45, 2.75) is 26.4 Å². The molecule has 96 valence electrons. The fourth-order valence-corrected chi connectivity index (χ4v) is 1.44. The van der Waals surface area contributed by atoms with Crippen molar-refractivity contribution in [2.24, 2.45) is 7.05 Å². The Labute approximate surface area is 105 Å². The Bertz CT molecular complexity index is 542. The van der Waals surface area contributed by atoms with Crippen molar-refractivity contribution >= 4 is 5.97 Å². The first-order chi connectivity index (χ1) is 8.58. The lowest BCUT2D eigenvalue weighted by molar-refractivity contribution is 0.0418. The van der Waals surface area contributed by atoms with E-state index in [1.54, 1.807) is 29.9 Å². The summed E-state index contributed by atoms with van der Waals surface area (Å²) in [5.41, 5.74) is 0.485. The van der Waals surface area contributed by atoms with Crippen LogP contribution in [0.5, 0.6) is 0 Å². The number of aryl methyl sites for hydroxylation is 1. The molecule has 2 aromatic heterocycles. The summed E-state index contributed by atoms with van der Waals surface area (Å²) in [6, 6.07) is 3.47. The molecule has 0 radical (unpaired) electrons. The van der Waals surface area contributed by atoms with Gasteiger partial charge in [-0.05, 0) is 12.1 Å². The smallest absolute Gasteiger partial charge is 0.355 e. The van der Waals surface area contributed by atoms with Gasteiger partial charge in [-0.3, -0.25) is 0 Å². The lowest BCUT2D eigenvalue weighted by Gasteiger charge is -2.02. The van der Waals surface area contributed by atoms with E-state index < -0.39 is 5.97 Å². The highest BCUT2D eigenvalue weighted by atomic mass is 16.6. The molecule has 0 aliphatic carbocycles. The quantitative estimate of drug-likeness (QED) is 0.774. The van der Waals surface area contributed by atoms with Crippen molar-refractivity contribution in [2.75, 3.05) is 0 Å². The van der Waals surface area contributed by atoms with E-state index in [-0.39, 0.29) is 12.5 Å². The molecule has 2 rings (SSSR count). The zero-order chi connectivity index (χ0) is 13.1. The minimum Gasteiger partial charge on any atom is -0.451 e. The second-order valence-corrected chi connectivity index (χ2v) is 4.28. The number of carbonyl (C=O) groups excluding carboxylic acids is 1. The van der Waals surface area contributed by atoms with Crippen LogP contribution >= 0.6 is 0 Å². The van der Waals surface area contributed by atoms with Gasteiger partial charge in [0, 0.05) is 19.2 Å². The van der Waals surface area contributed by atoms with Crippen LogP contribution in [0.1, 0.15) is 42.0 Å². The number of aromatic nitrogens is 3. The maximum atomic E-state index is 11.7. The summed E-state index contributed by atoms with van der Waals surface area (Å²) < 4.78 is 11.8. The van der Waals surface area contributed by atoms with E-state index in [0.29, 0.717) is 17.4 Å². The van der Waals surface area contributed by atoms with Crippen molar-refractivity contribution in [1.29, 1.82) is 0 Å². The molecule has 0 aliphatic rings. The Balaban J connectivity index is 1.95. The third-order valence-electron chi connectivity index (χ3n) is 2.48. The lowest BCUT2D eigenvalue weighted by Crippen LogP contribution is -2.09. The Hall–Kier alpha value is -2.11. The van der Waals surface area contributed by atoms with Crippen LogP contribution < -0.4 is 0 Å². The number of ether oxygens (including phenoxy) is 1. The van der Waals surface area contributed by atoms with E-state index in [2.05, 4.69) is 10.1 Å². The van der Waals surface area contributed by atoms with Crippen LogP contribution in [0.4, 0.5) is 0 Å². The van der Waals surface area contributed by atoms with E-state index >= 15 is 0 Å². The molecule has 2 heterocycles. The average Bonchev–Trinajstić information content (AvgIpc) is 2.94. The van der Waals surface area contributed by atoms with Crippen molar-refractivity contribution < 1.29 is 14.1 Å². The van der Waals surface area contributed by atoms with Gasteiger partial charge in [0.25, 0.3) is 5.89 Å². The number of rotatable bonds is 4. The van der Waals surface area contributed by atoms with E-state index in [1.165, 1.54) is 0 Å². The van der Waals surface area contributed by atoms with Crippen LogP contribution in [-0.2, 0) is 18.4 Å². The standard InChI is InChI=1S/C12H15N3O3/c1-8(2)11-13-10(18-14-11)7-17-12(16)9-5-4-6-15(9)3/h4-6,8H,7H2,1-3H3. The molecular weight excluding hydrogens is 234 g/mol. The largest absolute Gasteiger partial charge is 0.451 e. The molecule has 0 spiro atoms. The number of hydrogen-bond acceptors (Lipinski definition) is 5. The maximum Gasteiger partial charge on any atom is 0.355 e. The van der Waals surface area contributed by atoms with Crippen LogP contribution in [-0.4, -0.2) is 20.7 Å². The zero-order valence-electron chi connectivity index (χ0n) is 10.6. The molecule has 0 unspecified atom stereocenters. The summed E-state index contributed by atoms with van der Waals surface area (Å²) in [6.07, 6.45) is 1.78. The minimum atomic E-state index is -0.410. The Morgan fingerprint density at radius 3 is 2.89 bits per heavy atom. The first kappa shape index (κ1) is 12.3. The normalized spacial score (nSPS) is 10.9. The molecule has 2 aromatic rings. The molecule has 18 heavy (non-hydrogen) atoms. The van der Waals surface area contributed by atoms with Crippen LogP contribution in [0.3, 0.4) is 0 Å². The molecule has 6 nitrogen and oxygen atoms in total. The van der Waals surface area contributed by atoms with Gasteiger partial charge in [-0.15, -0.1) is 0 Å². The third kappa shape index (κ3) is 2.58. The van der Waals surface area contributed by atoms with E-state index in [1.807, 2.05) is 13.8 Å². The van der Waals surface area contributed by atoms with Gasteiger partial charge in [0.05, 0.1) is 0 Å². The maximum absolute atomic E-state index is 11.7.